The molecule has 3 N–H and O–H groups in total. The van der Waals surface area contributed by atoms with E-state index in [1.165, 1.54) is 4.88 Å². The molecule has 0 aliphatic heterocycles. The van der Waals surface area contributed by atoms with Crippen LogP contribution in [0.2, 0.25) is 0 Å². The van der Waals surface area contributed by atoms with Crippen LogP contribution in [0.3, 0.4) is 0 Å². The summed E-state index contributed by atoms with van der Waals surface area (Å²) in [5, 5.41) is 4.14. The number of nitrogens with two attached hydrogens (primary N) is 1. The lowest BCUT2D eigenvalue weighted by Gasteiger charge is -2.11. The van der Waals surface area contributed by atoms with E-state index in [1.807, 2.05) is 6.20 Å². The van der Waals surface area contributed by atoms with E-state index >= 15 is 0 Å². The number of halogens is 1. The van der Waals surface area contributed by atoms with Crippen molar-refractivity contribution in [2.45, 2.75) is 46.2 Å². The summed E-state index contributed by atoms with van der Waals surface area (Å²) in [6.45, 7) is 6.89. The van der Waals surface area contributed by atoms with Gasteiger partial charge in [-0.15, -0.1) is 35.3 Å². The molecule has 4 nitrogen and oxygen atoms in total. The summed E-state index contributed by atoms with van der Waals surface area (Å²) in [6, 6.07) is 0.367. The fourth-order valence-corrected chi connectivity index (χ4v) is 1.92. The Bertz CT molecular complexity index is 351. The SMILES string of the molecule is CCc1cnc(CN=C(N)NC(C)CC)s1.I. The molecule has 0 fully saturated rings. The number of rotatable bonds is 5. The van der Waals surface area contributed by atoms with E-state index in [9.17, 15) is 0 Å². The lowest BCUT2D eigenvalue weighted by atomic mass is 10.3. The summed E-state index contributed by atoms with van der Waals surface area (Å²) < 4.78 is 0. The predicted octanol–water partition coefficient (Wildman–Crippen LogP) is 2.53. The third-order valence-electron chi connectivity index (χ3n) is 2.34. The molecular formula is C11H21IN4S. The van der Waals surface area contributed by atoms with Crippen molar-refractivity contribution in [1.82, 2.24) is 10.3 Å². The molecule has 1 aromatic rings. The number of nitrogens with zero attached hydrogens (tertiary/aromatic N) is 2. The molecule has 0 bridgehead atoms. The number of aryl methyl sites for hydroxylation is 1. The number of nitrogens with one attached hydrogen (secondary N) is 1. The van der Waals surface area contributed by atoms with E-state index in [2.05, 4.69) is 36.1 Å². The predicted molar refractivity (Wildman–Crippen MR) is 85.1 cm³/mol. The highest BCUT2D eigenvalue weighted by atomic mass is 127. The molecular weight excluding hydrogens is 347 g/mol. The molecule has 0 saturated carbocycles. The Morgan fingerprint density at radius 3 is 2.82 bits per heavy atom. The molecule has 0 aliphatic rings. The van der Waals surface area contributed by atoms with Gasteiger partial charge in [0.15, 0.2) is 5.96 Å². The van der Waals surface area contributed by atoms with E-state index in [0.717, 1.165) is 17.8 Å². The second-order valence-electron chi connectivity index (χ2n) is 3.73. The smallest absolute Gasteiger partial charge is 0.189 e. The number of guanidine groups is 1. The molecule has 0 saturated heterocycles. The number of hydrogen-bond donors (Lipinski definition) is 2. The van der Waals surface area contributed by atoms with Crippen molar-refractivity contribution >= 4 is 41.3 Å². The fourth-order valence-electron chi connectivity index (χ4n) is 1.14. The Labute approximate surface area is 124 Å². The zero-order chi connectivity index (χ0) is 12.0. The van der Waals surface area contributed by atoms with Crippen molar-refractivity contribution in [3.05, 3.63) is 16.1 Å². The van der Waals surface area contributed by atoms with Gasteiger partial charge in [0.05, 0.1) is 6.54 Å². The van der Waals surface area contributed by atoms with Crippen LogP contribution in [-0.2, 0) is 13.0 Å². The van der Waals surface area contributed by atoms with Gasteiger partial charge in [-0.2, -0.15) is 0 Å². The van der Waals surface area contributed by atoms with Gasteiger partial charge in [0.1, 0.15) is 5.01 Å². The molecule has 1 aromatic heterocycles. The zero-order valence-corrected chi connectivity index (χ0v) is 13.7. The first kappa shape index (κ1) is 16.6. The number of hydrogen-bond acceptors (Lipinski definition) is 3. The third-order valence-corrected chi connectivity index (χ3v) is 3.47. The van der Waals surface area contributed by atoms with Crippen LogP contribution >= 0.6 is 35.3 Å². The summed E-state index contributed by atoms with van der Waals surface area (Å²) in [5.41, 5.74) is 5.75. The highest BCUT2D eigenvalue weighted by Crippen LogP contribution is 2.13. The van der Waals surface area contributed by atoms with Crippen molar-refractivity contribution in [3.8, 4) is 0 Å². The Kier molecular flexibility index (Phi) is 8.49. The first-order valence-corrected chi connectivity index (χ1v) is 6.47. The summed E-state index contributed by atoms with van der Waals surface area (Å²) in [5.74, 6) is 0.502. The topological polar surface area (TPSA) is 63.3 Å². The minimum absolute atomic E-state index is 0. The first-order chi connectivity index (χ1) is 7.65. The number of aliphatic imine (C=N–C) groups is 1. The van der Waals surface area contributed by atoms with Gasteiger partial charge in [-0.25, -0.2) is 9.98 Å². The van der Waals surface area contributed by atoms with Crippen LogP contribution in [0.15, 0.2) is 11.2 Å². The van der Waals surface area contributed by atoms with Gasteiger partial charge < -0.3 is 11.1 Å². The van der Waals surface area contributed by atoms with Crippen molar-refractivity contribution in [1.29, 1.82) is 0 Å². The second-order valence-corrected chi connectivity index (χ2v) is 4.93. The van der Waals surface area contributed by atoms with Gasteiger partial charge in [-0.3, -0.25) is 0 Å². The van der Waals surface area contributed by atoms with Gasteiger partial charge >= 0.3 is 0 Å². The molecule has 98 valence electrons. The van der Waals surface area contributed by atoms with Crippen molar-refractivity contribution in [2.24, 2.45) is 10.7 Å². The monoisotopic (exact) mass is 368 g/mol. The number of aromatic nitrogens is 1. The minimum Gasteiger partial charge on any atom is -0.370 e. The zero-order valence-electron chi connectivity index (χ0n) is 10.6. The first-order valence-electron chi connectivity index (χ1n) is 5.65. The molecule has 0 spiro atoms. The van der Waals surface area contributed by atoms with Crippen LogP contribution in [0.4, 0.5) is 0 Å². The molecule has 1 unspecified atom stereocenters. The van der Waals surface area contributed by atoms with Crippen LogP contribution < -0.4 is 11.1 Å². The molecule has 6 heteroatoms. The Morgan fingerprint density at radius 1 is 1.59 bits per heavy atom. The lowest BCUT2D eigenvalue weighted by molar-refractivity contribution is 0.636. The van der Waals surface area contributed by atoms with Crippen molar-refractivity contribution < 1.29 is 0 Å². The number of thiazole rings is 1. The average molecular weight is 368 g/mol. The minimum atomic E-state index is 0. The molecule has 1 rings (SSSR count). The Morgan fingerprint density at radius 2 is 2.29 bits per heavy atom. The van der Waals surface area contributed by atoms with Gasteiger partial charge in [0.2, 0.25) is 0 Å². The van der Waals surface area contributed by atoms with Crippen LogP contribution in [0, 0.1) is 0 Å². The highest BCUT2D eigenvalue weighted by molar-refractivity contribution is 14.0. The van der Waals surface area contributed by atoms with E-state index in [1.54, 1.807) is 11.3 Å². The lowest BCUT2D eigenvalue weighted by Crippen LogP contribution is -2.38. The van der Waals surface area contributed by atoms with Crippen LogP contribution in [0.5, 0.6) is 0 Å². The summed E-state index contributed by atoms with van der Waals surface area (Å²) in [6.07, 6.45) is 3.98. The van der Waals surface area contributed by atoms with Gasteiger partial charge in [-0.05, 0) is 19.8 Å². The Balaban J connectivity index is 0.00000256. The molecule has 0 aromatic carbocycles. The van der Waals surface area contributed by atoms with E-state index < -0.39 is 0 Å². The maximum absolute atomic E-state index is 5.75. The van der Waals surface area contributed by atoms with Crippen molar-refractivity contribution in [2.75, 3.05) is 0 Å². The highest BCUT2D eigenvalue weighted by Gasteiger charge is 2.01. The summed E-state index contributed by atoms with van der Waals surface area (Å²) in [4.78, 5) is 9.84. The van der Waals surface area contributed by atoms with E-state index in [0.29, 0.717) is 18.5 Å². The van der Waals surface area contributed by atoms with Gasteiger partial charge in [0.25, 0.3) is 0 Å². The molecule has 1 atom stereocenters. The normalized spacial score (nSPS) is 13.0. The quantitative estimate of drug-likeness (QED) is 0.477. The maximum atomic E-state index is 5.75. The largest absolute Gasteiger partial charge is 0.370 e. The summed E-state index contributed by atoms with van der Waals surface area (Å²) >= 11 is 1.70. The van der Waals surface area contributed by atoms with Gasteiger partial charge in [0, 0.05) is 17.1 Å². The Hall–Kier alpha value is -0.370. The molecule has 0 radical (unpaired) electrons. The molecule has 0 aliphatic carbocycles. The molecule has 0 amide bonds. The summed E-state index contributed by atoms with van der Waals surface area (Å²) in [7, 11) is 0. The third kappa shape index (κ3) is 6.21. The molecule has 1 heterocycles. The van der Waals surface area contributed by atoms with Crippen LogP contribution in [0.25, 0.3) is 0 Å². The second kappa shape index (κ2) is 8.68. The van der Waals surface area contributed by atoms with E-state index in [-0.39, 0.29) is 24.0 Å². The van der Waals surface area contributed by atoms with Crippen molar-refractivity contribution in [3.63, 3.8) is 0 Å². The van der Waals surface area contributed by atoms with Crippen LogP contribution in [-0.4, -0.2) is 17.0 Å². The maximum Gasteiger partial charge on any atom is 0.189 e. The van der Waals surface area contributed by atoms with E-state index in [4.69, 9.17) is 5.73 Å². The van der Waals surface area contributed by atoms with Crippen LogP contribution in [0.1, 0.15) is 37.1 Å². The average Bonchev–Trinajstić information content (AvgIpc) is 2.74. The standard InChI is InChI=1S/C11H20N4S.HI/c1-4-8(3)15-11(12)14-7-10-13-6-9(5-2)16-10;/h6,8H,4-5,7H2,1-3H3,(H3,12,14,15);1H. The molecule has 17 heavy (non-hydrogen) atoms. The fraction of sp³-hybridized carbons (Fsp3) is 0.636. The van der Waals surface area contributed by atoms with Gasteiger partial charge in [-0.1, -0.05) is 13.8 Å².